The van der Waals surface area contributed by atoms with Gasteiger partial charge in [0.1, 0.15) is 6.54 Å². The van der Waals surface area contributed by atoms with E-state index < -0.39 is 12.7 Å². The molecule has 0 heterocycles. The Morgan fingerprint density at radius 1 is 1.22 bits per heavy atom. The summed E-state index contributed by atoms with van der Waals surface area (Å²) in [4.78, 5) is 1.38. The van der Waals surface area contributed by atoms with Gasteiger partial charge in [-0.2, -0.15) is 13.2 Å². The van der Waals surface area contributed by atoms with Crippen LogP contribution in [0.25, 0.3) is 0 Å². The van der Waals surface area contributed by atoms with Crippen molar-refractivity contribution in [1.29, 1.82) is 0 Å². The lowest BCUT2D eigenvalue weighted by molar-refractivity contribution is -0.119. The fourth-order valence-electron chi connectivity index (χ4n) is 1.96. The summed E-state index contributed by atoms with van der Waals surface area (Å²) in [5, 5.41) is 0. The zero-order valence-corrected chi connectivity index (χ0v) is 10.5. The van der Waals surface area contributed by atoms with Crippen LogP contribution >= 0.6 is 0 Å². The SMILES string of the molecule is CCCN(CC(F)(F)F)c1ccccc1CCN. The summed E-state index contributed by atoms with van der Waals surface area (Å²) in [6.07, 6.45) is -2.92. The number of para-hydroxylation sites is 1. The number of alkyl halides is 3. The molecule has 1 rings (SSSR count). The molecule has 0 aliphatic heterocycles. The van der Waals surface area contributed by atoms with Gasteiger partial charge in [0.15, 0.2) is 0 Å². The fraction of sp³-hybridized carbons (Fsp3) is 0.538. The van der Waals surface area contributed by atoms with Crippen LogP contribution in [-0.4, -0.2) is 25.8 Å². The molecule has 2 nitrogen and oxygen atoms in total. The van der Waals surface area contributed by atoms with E-state index in [0.29, 0.717) is 31.6 Å². The molecule has 18 heavy (non-hydrogen) atoms. The second-order valence-corrected chi connectivity index (χ2v) is 4.20. The summed E-state index contributed by atoms with van der Waals surface area (Å²) in [6, 6.07) is 7.15. The first kappa shape index (κ1) is 14.8. The third kappa shape index (κ3) is 4.56. The molecule has 0 unspecified atom stereocenters. The van der Waals surface area contributed by atoms with Gasteiger partial charge in [0.2, 0.25) is 0 Å². The first-order valence-electron chi connectivity index (χ1n) is 6.07. The van der Waals surface area contributed by atoms with Crippen molar-refractivity contribution in [3.63, 3.8) is 0 Å². The van der Waals surface area contributed by atoms with Crippen molar-refractivity contribution < 1.29 is 13.2 Å². The molecule has 0 aliphatic carbocycles. The molecule has 0 saturated carbocycles. The highest BCUT2D eigenvalue weighted by Gasteiger charge is 2.31. The van der Waals surface area contributed by atoms with Gasteiger partial charge in [0.25, 0.3) is 0 Å². The van der Waals surface area contributed by atoms with Crippen molar-refractivity contribution in [2.45, 2.75) is 25.9 Å². The molecule has 0 spiro atoms. The van der Waals surface area contributed by atoms with E-state index >= 15 is 0 Å². The zero-order valence-electron chi connectivity index (χ0n) is 10.5. The van der Waals surface area contributed by atoms with Gasteiger partial charge in [-0.15, -0.1) is 0 Å². The maximum Gasteiger partial charge on any atom is 0.405 e. The van der Waals surface area contributed by atoms with E-state index in [1.54, 1.807) is 12.1 Å². The monoisotopic (exact) mass is 260 g/mol. The van der Waals surface area contributed by atoms with Gasteiger partial charge in [-0.1, -0.05) is 25.1 Å². The number of hydrogen-bond donors (Lipinski definition) is 1. The van der Waals surface area contributed by atoms with Gasteiger partial charge < -0.3 is 10.6 Å². The van der Waals surface area contributed by atoms with E-state index in [9.17, 15) is 13.2 Å². The first-order chi connectivity index (χ1) is 8.48. The Hall–Kier alpha value is -1.23. The molecule has 1 aromatic carbocycles. The summed E-state index contributed by atoms with van der Waals surface area (Å²) >= 11 is 0. The van der Waals surface area contributed by atoms with Crippen LogP contribution in [0.5, 0.6) is 0 Å². The van der Waals surface area contributed by atoms with Gasteiger partial charge in [-0.3, -0.25) is 0 Å². The Balaban J connectivity index is 2.97. The highest BCUT2D eigenvalue weighted by molar-refractivity contribution is 5.54. The minimum Gasteiger partial charge on any atom is -0.362 e. The number of hydrogen-bond acceptors (Lipinski definition) is 2. The minimum atomic E-state index is -4.19. The molecule has 102 valence electrons. The fourth-order valence-corrected chi connectivity index (χ4v) is 1.96. The standard InChI is InChI=1S/C13H19F3N2/c1-2-9-18(10-13(14,15)16)12-6-4-3-5-11(12)7-8-17/h3-6H,2,7-10,17H2,1H3. The first-order valence-corrected chi connectivity index (χ1v) is 6.07. The van der Waals surface area contributed by atoms with Gasteiger partial charge in [-0.25, -0.2) is 0 Å². The Labute approximate surface area is 106 Å². The molecule has 0 bridgehead atoms. The molecule has 0 fully saturated rings. The van der Waals surface area contributed by atoms with Crippen molar-refractivity contribution >= 4 is 5.69 Å². The Morgan fingerprint density at radius 2 is 1.89 bits per heavy atom. The molecule has 0 aliphatic rings. The van der Waals surface area contributed by atoms with Crippen LogP contribution in [0.2, 0.25) is 0 Å². The lowest BCUT2D eigenvalue weighted by Gasteiger charge is -2.27. The summed E-state index contributed by atoms with van der Waals surface area (Å²) in [5.41, 5.74) is 7.00. The summed E-state index contributed by atoms with van der Waals surface area (Å²) in [5.74, 6) is 0. The van der Waals surface area contributed by atoms with E-state index in [1.807, 2.05) is 19.1 Å². The lowest BCUT2D eigenvalue weighted by atomic mass is 10.1. The highest BCUT2D eigenvalue weighted by Crippen LogP contribution is 2.25. The molecular formula is C13H19F3N2. The maximum atomic E-state index is 12.6. The highest BCUT2D eigenvalue weighted by atomic mass is 19.4. The molecule has 0 amide bonds. The summed E-state index contributed by atoms with van der Waals surface area (Å²) < 4.78 is 37.7. The quantitative estimate of drug-likeness (QED) is 0.852. The largest absolute Gasteiger partial charge is 0.405 e. The topological polar surface area (TPSA) is 29.3 Å². The zero-order chi connectivity index (χ0) is 13.6. The third-order valence-corrected chi connectivity index (χ3v) is 2.61. The normalized spacial score (nSPS) is 11.6. The Kier molecular flexibility index (Phi) is 5.47. The molecule has 0 saturated heterocycles. The Bertz CT molecular complexity index is 363. The number of halogens is 3. The summed E-state index contributed by atoms with van der Waals surface area (Å²) in [6.45, 7) is 1.78. The average Bonchev–Trinajstić information content (AvgIpc) is 2.28. The van der Waals surface area contributed by atoms with Crippen LogP contribution < -0.4 is 10.6 Å². The third-order valence-electron chi connectivity index (χ3n) is 2.61. The summed E-state index contributed by atoms with van der Waals surface area (Å²) in [7, 11) is 0. The van der Waals surface area contributed by atoms with E-state index in [-0.39, 0.29) is 0 Å². The molecule has 2 N–H and O–H groups in total. The molecule has 0 radical (unpaired) electrons. The van der Waals surface area contributed by atoms with Gasteiger partial charge in [0.05, 0.1) is 0 Å². The van der Waals surface area contributed by atoms with E-state index in [2.05, 4.69) is 0 Å². The van der Waals surface area contributed by atoms with E-state index in [4.69, 9.17) is 5.73 Å². The van der Waals surface area contributed by atoms with Crippen LogP contribution in [0.4, 0.5) is 18.9 Å². The second-order valence-electron chi connectivity index (χ2n) is 4.20. The van der Waals surface area contributed by atoms with Crippen LogP contribution in [-0.2, 0) is 6.42 Å². The van der Waals surface area contributed by atoms with Crippen molar-refractivity contribution in [2.24, 2.45) is 5.73 Å². The number of nitrogens with zero attached hydrogens (tertiary/aromatic N) is 1. The van der Waals surface area contributed by atoms with Crippen molar-refractivity contribution in [3.8, 4) is 0 Å². The second kappa shape index (κ2) is 6.64. The number of rotatable bonds is 6. The van der Waals surface area contributed by atoms with Gasteiger partial charge >= 0.3 is 6.18 Å². The molecule has 0 aromatic heterocycles. The Morgan fingerprint density at radius 3 is 2.44 bits per heavy atom. The molecule has 0 atom stereocenters. The van der Waals surface area contributed by atoms with Crippen molar-refractivity contribution in [3.05, 3.63) is 29.8 Å². The van der Waals surface area contributed by atoms with E-state index in [1.165, 1.54) is 4.90 Å². The molecule has 5 heteroatoms. The van der Waals surface area contributed by atoms with Crippen LogP contribution in [0.15, 0.2) is 24.3 Å². The molecular weight excluding hydrogens is 241 g/mol. The predicted molar refractivity (Wildman–Crippen MR) is 67.8 cm³/mol. The average molecular weight is 260 g/mol. The van der Waals surface area contributed by atoms with Crippen LogP contribution in [0.3, 0.4) is 0 Å². The smallest absolute Gasteiger partial charge is 0.362 e. The van der Waals surface area contributed by atoms with Crippen molar-refractivity contribution in [1.82, 2.24) is 0 Å². The number of nitrogens with two attached hydrogens (primary N) is 1. The minimum absolute atomic E-state index is 0.390. The number of benzene rings is 1. The van der Waals surface area contributed by atoms with E-state index in [0.717, 1.165) is 5.56 Å². The lowest BCUT2D eigenvalue weighted by Crippen LogP contribution is -2.35. The van der Waals surface area contributed by atoms with Crippen molar-refractivity contribution in [2.75, 3.05) is 24.5 Å². The van der Waals surface area contributed by atoms with Crippen LogP contribution in [0.1, 0.15) is 18.9 Å². The maximum absolute atomic E-state index is 12.6. The predicted octanol–water partition coefficient (Wildman–Crippen LogP) is 2.97. The van der Waals surface area contributed by atoms with Crippen LogP contribution in [0, 0.1) is 0 Å². The van der Waals surface area contributed by atoms with Gasteiger partial charge in [0, 0.05) is 12.2 Å². The van der Waals surface area contributed by atoms with Gasteiger partial charge in [-0.05, 0) is 31.0 Å². The molecule has 1 aromatic rings. The number of anilines is 1.